The molecule has 0 aromatic heterocycles. The summed E-state index contributed by atoms with van der Waals surface area (Å²) in [4.78, 5) is 24.8. The van der Waals surface area contributed by atoms with E-state index in [1.54, 1.807) is 18.2 Å². The SMILES string of the molecule is Cc1ccc(NC(=O)C(NC(=O)c2ccc(F)cc2)C(C)C)cc1Cl. The van der Waals surface area contributed by atoms with Crippen LogP contribution in [0.2, 0.25) is 5.02 Å². The fraction of sp³-hybridized carbons (Fsp3) is 0.263. The Morgan fingerprint density at radius 3 is 2.28 bits per heavy atom. The molecular weight excluding hydrogens is 343 g/mol. The molecule has 4 nitrogen and oxygen atoms in total. The summed E-state index contributed by atoms with van der Waals surface area (Å²) in [5.74, 6) is -1.34. The van der Waals surface area contributed by atoms with E-state index in [1.807, 2.05) is 20.8 Å². The van der Waals surface area contributed by atoms with Crippen molar-refractivity contribution in [3.05, 3.63) is 64.4 Å². The van der Waals surface area contributed by atoms with Gasteiger partial charge in [0.25, 0.3) is 5.91 Å². The molecule has 0 aliphatic heterocycles. The highest BCUT2D eigenvalue weighted by molar-refractivity contribution is 6.31. The van der Waals surface area contributed by atoms with Crippen LogP contribution in [0.3, 0.4) is 0 Å². The van der Waals surface area contributed by atoms with Crippen LogP contribution in [0, 0.1) is 18.7 Å². The lowest BCUT2D eigenvalue weighted by molar-refractivity contribution is -0.118. The van der Waals surface area contributed by atoms with E-state index in [2.05, 4.69) is 10.6 Å². The number of benzene rings is 2. The molecule has 6 heteroatoms. The third kappa shape index (κ3) is 5.03. The molecule has 0 spiro atoms. The molecule has 2 aromatic rings. The van der Waals surface area contributed by atoms with E-state index in [0.29, 0.717) is 16.3 Å². The fourth-order valence-corrected chi connectivity index (χ4v) is 2.43. The number of nitrogens with one attached hydrogen (secondary N) is 2. The van der Waals surface area contributed by atoms with Crippen LogP contribution in [-0.2, 0) is 4.79 Å². The highest BCUT2D eigenvalue weighted by Gasteiger charge is 2.25. The molecule has 0 heterocycles. The van der Waals surface area contributed by atoms with Gasteiger partial charge in [0.1, 0.15) is 11.9 Å². The molecule has 2 N–H and O–H groups in total. The van der Waals surface area contributed by atoms with Crippen molar-refractivity contribution >= 4 is 29.1 Å². The number of amides is 2. The number of aryl methyl sites for hydroxylation is 1. The smallest absolute Gasteiger partial charge is 0.251 e. The van der Waals surface area contributed by atoms with E-state index in [-0.39, 0.29) is 11.8 Å². The van der Waals surface area contributed by atoms with E-state index < -0.39 is 17.8 Å². The zero-order valence-corrected chi connectivity index (χ0v) is 15.0. The van der Waals surface area contributed by atoms with Crippen molar-refractivity contribution in [1.29, 1.82) is 0 Å². The van der Waals surface area contributed by atoms with Crippen LogP contribution < -0.4 is 10.6 Å². The second-order valence-corrected chi connectivity index (χ2v) is 6.56. The third-order valence-electron chi connectivity index (χ3n) is 3.78. The number of halogens is 2. The van der Waals surface area contributed by atoms with E-state index in [0.717, 1.165) is 5.56 Å². The summed E-state index contributed by atoms with van der Waals surface area (Å²) < 4.78 is 13.0. The molecule has 0 bridgehead atoms. The van der Waals surface area contributed by atoms with Crippen molar-refractivity contribution in [3.8, 4) is 0 Å². The van der Waals surface area contributed by atoms with Gasteiger partial charge in [0.15, 0.2) is 0 Å². The fourth-order valence-electron chi connectivity index (χ4n) is 2.25. The second-order valence-electron chi connectivity index (χ2n) is 6.16. The molecule has 25 heavy (non-hydrogen) atoms. The maximum atomic E-state index is 13.0. The van der Waals surface area contributed by atoms with Gasteiger partial charge in [-0.25, -0.2) is 4.39 Å². The van der Waals surface area contributed by atoms with Crippen molar-refractivity contribution in [2.24, 2.45) is 5.92 Å². The first-order chi connectivity index (χ1) is 11.8. The summed E-state index contributed by atoms with van der Waals surface area (Å²) in [5.41, 5.74) is 1.75. The Morgan fingerprint density at radius 1 is 1.08 bits per heavy atom. The van der Waals surface area contributed by atoms with Gasteiger partial charge >= 0.3 is 0 Å². The Kier molecular flexibility index (Phi) is 6.15. The van der Waals surface area contributed by atoms with Crippen molar-refractivity contribution < 1.29 is 14.0 Å². The maximum absolute atomic E-state index is 13.0. The zero-order chi connectivity index (χ0) is 18.6. The predicted molar refractivity (Wildman–Crippen MR) is 97.3 cm³/mol. The molecular formula is C19H20ClFN2O2. The van der Waals surface area contributed by atoms with Crippen LogP contribution >= 0.6 is 11.6 Å². The molecule has 2 rings (SSSR count). The number of carbonyl (C=O) groups excluding carboxylic acids is 2. The van der Waals surface area contributed by atoms with E-state index >= 15 is 0 Å². The molecule has 1 unspecified atom stereocenters. The molecule has 1 atom stereocenters. The highest BCUT2D eigenvalue weighted by atomic mass is 35.5. The van der Waals surface area contributed by atoms with E-state index in [1.165, 1.54) is 24.3 Å². The number of anilines is 1. The first-order valence-electron chi connectivity index (χ1n) is 7.91. The van der Waals surface area contributed by atoms with Crippen molar-refractivity contribution in [3.63, 3.8) is 0 Å². The standard InChI is InChI=1S/C19H20ClFN2O2/c1-11(2)17(23-18(24)13-5-7-14(21)8-6-13)19(25)22-15-9-4-12(3)16(20)10-15/h4-11,17H,1-3H3,(H,22,25)(H,23,24). The van der Waals surface area contributed by atoms with E-state index in [9.17, 15) is 14.0 Å². The lowest BCUT2D eigenvalue weighted by Gasteiger charge is -2.22. The van der Waals surface area contributed by atoms with Gasteiger partial charge in [0, 0.05) is 16.3 Å². The molecule has 0 saturated heterocycles. The molecule has 132 valence electrons. The van der Waals surface area contributed by atoms with Crippen molar-refractivity contribution in [2.45, 2.75) is 26.8 Å². The largest absolute Gasteiger partial charge is 0.340 e. The van der Waals surface area contributed by atoms with Crippen LogP contribution in [0.15, 0.2) is 42.5 Å². The van der Waals surface area contributed by atoms with Crippen molar-refractivity contribution in [1.82, 2.24) is 5.32 Å². The Hall–Kier alpha value is -2.40. The maximum Gasteiger partial charge on any atom is 0.251 e. The average molecular weight is 363 g/mol. The quantitative estimate of drug-likeness (QED) is 0.838. The van der Waals surface area contributed by atoms with Gasteiger partial charge in [-0.15, -0.1) is 0 Å². The first kappa shape index (κ1) is 18.9. The molecule has 2 aromatic carbocycles. The molecule has 0 saturated carbocycles. The van der Waals surface area contributed by atoms with Crippen LogP contribution in [0.25, 0.3) is 0 Å². The first-order valence-corrected chi connectivity index (χ1v) is 8.29. The molecule has 0 radical (unpaired) electrons. The summed E-state index contributed by atoms with van der Waals surface area (Å²) in [5, 5.41) is 6.00. The van der Waals surface area contributed by atoms with Gasteiger partial charge in [0.05, 0.1) is 0 Å². The van der Waals surface area contributed by atoms with Crippen LogP contribution in [0.4, 0.5) is 10.1 Å². The van der Waals surface area contributed by atoms with Crippen molar-refractivity contribution in [2.75, 3.05) is 5.32 Å². The Labute approximate surface area is 151 Å². The minimum Gasteiger partial charge on any atom is -0.340 e. The monoisotopic (exact) mass is 362 g/mol. The summed E-state index contributed by atoms with van der Waals surface area (Å²) in [7, 11) is 0. The van der Waals surface area contributed by atoms with Crippen LogP contribution in [0.5, 0.6) is 0 Å². The lowest BCUT2D eigenvalue weighted by atomic mass is 10.0. The molecule has 0 aliphatic carbocycles. The topological polar surface area (TPSA) is 58.2 Å². The van der Waals surface area contributed by atoms with Gasteiger partial charge < -0.3 is 10.6 Å². The van der Waals surface area contributed by atoms with Gasteiger partial charge in [0.2, 0.25) is 5.91 Å². The highest BCUT2D eigenvalue weighted by Crippen LogP contribution is 2.20. The van der Waals surface area contributed by atoms with Gasteiger partial charge in [-0.2, -0.15) is 0 Å². The summed E-state index contributed by atoms with van der Waals surface area (Å²) >= 11 is 6.06. The Morgan fingerprint density at radius 2 is 1.72 bits per heavy atom. The molecule has 0 fully saturated rings. The Bertz CT molecular complexity index is 775. The summed E-state index contributed by atoms with van der Waals surface area (Å²) in [6.07, 6.45) is 0. The summed E-state index contributed by atoms with van der Waals surface area (Å²) in [6.45, 7) is 5.53. The average Bonchev–Trinajstić information content (AvgIpc) is 2.56. The Balaban J connectivity index is 2.11. The van der Waals surface area contributed by atoms with Crippen LogP contribution in [-0.4, -0.2) is 17.9 Å². The number of carbonyl (C=O) groups is 2. The summed E-state index contributed by atoms with van der Waals surface area (Å²) in [6, 6.07) is 9.63. The normalized spacial score (nSPS) is 11.9. The number of hydrogen-bond acceptors (Lipinski definition) is 2. The molecule has 0 aliphatic rings. The third-order valence-corrected chi connectivity index (χ3v) is 4.19. The van der Waals surface area contributed by atoms with Gasteiger partial charge in [-0.1, -0.05) is 31.5 Å². The minimum atomic E-state index is -0.738. The minimum absolute atomic E-state index is 0.134. The van der Waals surface area contributed by atoms with Gasteiger partial charge in [-0.05, 0) is 54.8 Å². The zero-order valence-electron chi connectivity index (χ0n) is 14.3. The van der Waals surface area contributed by atoms with Crippen LogP contribution in [0.1, 0.15) is 29.8 Å². The lowest BCUT2D eigenvalue weighted by Crippen LogP contribution is -2.47. The number of rotatable bonds is 5. The predicted octanol–water partition coefficient (Wildman–Crippen LogP) is 4.18. The van der Waals surface area contributed by atoms with Gasteiger partial charge in [-0.3, -0.25) is 9.59 Å². The van der Waals surface area contributed by atoms with E-state index in [4.69, 9.17) is 11.6 Å². The number of hydrogen-bond donors (Lipinski definition) is 2. The molecule has 2 amide bonds. The second kappa shape index (κ2) is 8.12.